The second-order valence-electron chi connectivity index (χ2n) is 3.91. The van der Waals surface area contributed by atoms with Gasteiger partial charge in [0.05, 0.1) is 4.88 Å². The number of benzene rings is 1. The summed E-state index contributed by atoms with van der Waals surface area (Å²) in [4.78, 5) is 14.2. The van der Waals surface area contributed by atoms with E-state index in [1.54, 1.807) is 0 Å². The molecule has 17 heavy (non-hydrogen) atoms. The van der Waals surface area contributed by atoms with Crippen molar-refractivity contribution in [1.29, 1.82) is 0 Å². The van der Waals surface area contributed by atoms with E-state index in [9.17, 15) is 4.79 Å². The monoisotopic (exact) mass is 308 g/mol. The maximum atomic E-state index is 12.3. The van der Waals surface area contributed by atoms with Crippen molar-refractivity contribution in [1.82, 2.24) is 0 Å². The second-order valence-corrected chi connectivity index (χ2v) is 6.02. The first-order valence-electron chi connectivity index (χ1n) is 5.51. The Morgan fingerprint density at radius 1 is 1.29 bits per heavy atom. The van der Waals surface area contributed by atoms with Crippen molar-refractivity contribution in [3.05, 3.63) is 55.7 Å². The highest BCUT2D eigenvalue weighted by molar-refractivity contribution is 9.10. The predicted octanol–water partition coefficient (Wildman–Crippen LogP) is 4.61. The van der Waals surface area contributed by atoms with E-state index in [1.807, 2.05) is 37.3 Å². The van der Waals surface area contributed by atoms with E-state index in [4.69, 9.17) is 0 Å². The van der Waals surface area contributed by atoms with Crippen LogP contribution in [-0.4, -0.2) is 5.78 Å². The van der Waals surface area contributed by atoms with Crippen LogP contribution in [0, 0.1) is 6.92 Å². The quantitative estimate of drug-likeness (QED) is 0.757. The van der Waals surface area contributed by atoms with Crippen molar-refractivity contribution in [2.75, 3.05) is 0 Å². The fraction of sp³-hybridized carbons (Fsp3) is 0.214. The van der Waals surface area contributed by atoms with Gasteiger partial charge in [-0.2, -0.15) is 0 Å². The Kier molecular flexibility index (Phi) is 3.79. The number of hydrogen-bond acceptors (Lipinski definition) is 2. The average molecular weight is 309 g/mol. The fourth-order valence-electron chi connectivity index (χ4n) is 1.66. The van der Waals surface area contributed by atoms with E-state index in [0.29, 0.717) is 0 Å². The molecule has 0 atom stereocenters. The largest absolute Gasteiger partial charge is 0.288 e. The number of rotatable bonds is 3. The Hall–Kier alpha value is -0.930. The first-order valence-corrected chi connectivity index (χ1v) is 7.12. The lowest BCUT2D eigenvalue weighted by Gasteiger charge is -2.01. The Morgan fingerprint density at radius 2 is 1.94 bits per heavy atom. The first-order chi connectivity index (χ1) is 8.11. The van der Waals surface area contributed by atoms with Gasteiger partial charge >= 0.3 is 0 Å². The van der Waals surface area contributed by atoms with Crippen LogP contribution in [-0.2, 0) is 6.42 Å². The van der Waals surface area contributed by atoms with Crippen LogP contribution in [0.15, 0.2) is 34.8 Å². The standard InChI is InChI=1S/C14H13BrOS/c1-3-10-4-6-11(7-5-10)13(16)14-12(15)8-9(2)17-14/h4-8H,3H2,1-2H3. The molecule has 1 heterocycles. The molecule has 1 nitrogen and oxygen atoms in total. The van der Waals surface area contributed by atoms with Crippen LogP contribution < -0.4 is 0 Å². The molecule has 0 saturated carbocycles. The van der Waals surface area contributed by atoms with E-state index in [-0.39, 0.29) is 5.78 Å². The summed E-state index contributed by atoms with van der Waals surface area (Å²) < 4.78 is 0.893. The van der Waals surface area contributed by atoms with Gasteiger partial charge in [-0.1, -0.05) is 31.2 Å². The molecule has 1 aromatic carbocycles. The van der Waals surface area contributed by atoms with Gasteiger partial charge in [-0.25, -0.2) is 0 Å². The van der Waals surface area contributed by atoms with Gasteiger partial charge in [0, 0.05) is 14.9 Å². The molecule has 2 rings (SSSR count). The first kappa shape index (κ1) is 12.5. The van der Waals surface area contributed by atoms with Gasteiger partial charge < -0.3 is 0 Å². The molecule has 0 amide bonds. The predicted molar refractivity (Wildman–Crippen MR) is 76.0 cm³/mol. The van der Waals surface area contributed by atoms with E-state index < -0.39 is 0 Å². The molecule has 88 valence electrons. The molecule has 0 radical (unpaired) electrons. The number of hydrogen-bond donors (Lipinski definition) is 0. The number of thiophene rings is 1. The lowest BCUT2D eigenvalue weighted by Crippen LogP contribution is -1.99. The molecule has 0 aliphatic rings. The third-order valence-corrected chi connectivity index (χ3v) is 4.58. The van der Waals surface area contributed by atoms with Crippen molar-refractivity contribution in [2.45, 2.75) is 20.3 Å². The Labute approximate surface area is 114 Å². The number of carbonyl (C=O) groups excluding carboxylic acids is 1. The zero-order valence-electron chi connectivity index (χ0n) is 9.79. The summed E-state index contributed by atoms with van der Waals surface area (Å²) in [6.07, 6.45) is 0.996. The van der Waals surface area contributed by atoms with Crippen molar-refractivity contribution >= 4 is 33.0 Å². The van der Waals surface area contributed by atoms with Gasteiger partial charge in [-0.15, -0.1) is 11.3 Å². The highest BCUT2D eigenvalue weighted by Crippen LogP contribution is 2.29. The Morgan fingerprint density at radius 3 is 2.41 bits per heavy atom. The second kappa shape index (κ2) is 5.15. The van der Waals surface area contributed by atoms with Crippen LogP contribution in [0.25, 0.3) is 0 Å². The molecule has 0 fully saturated rings. The molecule has 0 spiro atoms. The number of halogens is 1. The highest BCUT2D eigenvalue weighted by atomic mass is 79.9. The maximum Gasteiger partial charge on any atom is 0.204 e. The van der Waals surface area contributed by atoms with Crippen molar-refractivity contribution in [3.8, 4) is 0 Å². The lowest BCUT2D eigenvalue weighted by molar-refractivity contribution is 0.104. The lowest BCUT2D eigenvalue weighted by atomic mass is 10.1. The minimum Gasteiger partial charge on any atom is -0.288 e. The Balaban J connectivity index is 2.33. The molecule has 0 aliphatic heterocycles. The smallest absolute Gasteiger partial charge is 0.204 e. The summed E-state index contributed by atoms with van der Waals surface area (Å²) in [5, 5.41) is 0. The molecule has 0 unspecified atom stereocenters. The van der Waals surface area contributed by atoms with Gasteiger partial charge in [0.15, 0.2) is 0 Å². The normalized spacial score (nSPS) is 10.5. The molecule has 0 bridgehead atoms. The molecular formula is C14H13BrOS. The number of ketones is 1. The topological polar surface area (TPSA) is 17.1 Å². The molecule has 1 aromatic heterocycles. The SMILES string of the molecule is CCc1ccc(C(=O)c2sc(C)cc2Br)cc1. The Bertz CT molecular complexity index is 540. The molecule has 2 aromatic rings. The molecule has 0 saturated heterocycles. The van der Waals surface area contributed by atoms with Crippen LogP contribution in [0.5, 0.6) is 0 Å². The maximum absolute atomic E-state index is 12.3. The number of carbonyl (C=O) groups is 1. The van der Waals surface area contributed by atoms with Crippen molar-refractivity contribution in [3.63, 3.8) is 0 Å². The van der Waals surface area contributed by atoms with Gasteiger partial charge in [-0.3, -0.25) is 4.79 Å². The molecule has 3 heteroatoms. The molecule has 0 N–H and O–H groups in total. The highest BCUT2D eigenvalue weighted by Gasteiger charge is 2.15. The van der Waals surface area contributed by atoms with Crippen molar-refractivity contribution < 1.29 is 4.79 Å². The van der Waals surface area contributed by atoms with Crippen LogP contribution in [0.4, 0.5) is 0 Å². The van der Waals surface area contributed by atoms with Gasteiger partial charge in [0.2, 0.25) is 5.78 Å². The van der Waals surface area contributed by atoms with E-state index in [0.717, 1.165) is 26.2 Å². The summed E-state index contributed by atoms with van der Waals surface area (Å²) >= 11 is 4.96. The van der Waals surface area contributed by atoms with Crippen molar-refractivity contribution in [2.24, 2.45) is 0 Å². The summed E-state index contributed by atoms with van der Waals surface area (Å²) in [7, 11) is 0. The van der Waals surface area contributed by atoms with E-state index in [1.165, 1.54) is 16.9 Å². The van der Waals surface area contributed by atoms with Gasteiger partial charge in [0.25, 0.3) is 0 Å². The van der Waals surface area contributed by atoms with E-state index >= 15 is 0 Å². The van der Waals surface area contributed by atoms with Crippen LogP contribution in [0.2, 0.25) is 0 Å². The minimum absolute atomic E-state index is 0.0950. The molecular weight excluding hydrogens is 296 g/mol. The van der Waals surface area contributed by atoms with Crippen LogP contribution in [0.1, 0.15) is 32.6 Å². The third kappa shape index (κ3) is 2.67. The number of aryl methyl sites for hydroxylation is 2. The van der Waals surface area contributed by atoms with E-state index in [2.05, 4.69) is 22.9 Å². The zero-order valence-corrected chi connectivity index (χ0v) is 12.2. The van der Waals surface area contributed by atoms with Gasteiger partial charge in [-0.05, 0) is 40.9 Å². The zero-order chi connectivity index (χ0) is 12.4. The van der Waals surface area contributed by atoms with Crippen LogP contribution in [0.3, 0.4) is 0 Å². The third-order valence-electron chi connectivity index (χ3n) is 2.64. The van der Waals surface area contributed by atoms with Gasteiger partial charge in [0.1, 0.15) is 0 Å². The summed E-state index contributed by atoms with van der Waals surface area (Å²) in [5.41, 5.74) is 2.01. The minimum atomic E-state index is 0.0950. The summed E-state index contributed by atoms with van der Waals surface area (Å²) in [6.45, 7) is 4.11. The summed E-state index contributed by atoms with van der Waals surface area (Å²) in [5.74, 6) is 0.0950. The fourth-order valence-corrected chi connectivity index (χ4v) is 3.44. The molecule has 0 aliphatic carbocycles. The van der Waals surface area contributed by atoms with Crippen LogP contribution >= 0.6 is 27.3 Å². The average Bonchev–Trinajstić information content (AvgIpc) is 2.68. The summed E-state index contributed by atoms with van der Waals surface area (Å²) in [6, 6.07) is 9.83.